The maximum atomic E-state index is 5.42. The summed E-state index contributed by atoms with van der Waals surface area (Å²) >= 11 is 3.29. The number of hydrogen-bond donors (Lipinski definition) is 3. The van der Waals surface area contributed by atoms with E-state index in [2.05, 4.69) is 38.7 Å². The molecule has 0 atom stereocenters. The minimum absolute atomic E-state index is 0.414. The second kappa shape index (κ2) is 5.31. The second-order valence-corrected chi connectivity index (χ2v) is 6.89. The highest BCUT2D eigenvalue weighted by Crippen LogP contribution is 2.29. The van der Waals surface area contributed by atoms with E-state index in [-0.39, 0.29) is 0 Å². The number of anilines is 2. The molecule has 0 aliphatic heterocycles. The van der Waals surface area contributed by atoms with Gasteiger partial charge in [0.25, 0.3) is 0 Å². The Morgan fingerprint density at radius 1 is 1.20 bits per heavy atom. The first-order valence-electron chi connectivity index (χ1n) is 6.05. The first-order chi connectivity index (χ1) is 9.65. The summed E-state index contributed by atoms with van der Waals surface area (Å²) in [6.07, 6.45) is 1.87. The molecule has 3 aromatic rings. The first-order valence-corrected chi connectivity index (χ1v) is 7.69. The van der Waals surface area contributed by atoms with Crippen molar-refractivity contribution in [2.75, 3.05) is 10.7 Å². The van der Waals surface area contributed by atoms with E-state index in [0.717, 1.165) is 21.0 Å². The number of aromatic nitrogens is 3. The van der Waals surface area contributed by atoms with Gasteiger partial charge in [0.1, 0.15) is 15.7 Å². The normalized spacial score (nSPS) is 10.9. The van der Waals surface area contributed by atoms with Crippen molar-refractivity contribution in [1.29, 1.82) is 0 Å². The standard InChI is InChI=1S/C12H14N6S2/c1-6-3-8-10(15-5-9-14-4-7(2)19-9)16-12(18-13)17-11(8)20-6/h3-4H,5,13H2,1-2H3,(H2,15,16,17,18). The molecule has 0 aliphatic rings. The van der Waals surface area contributed by atoms with Crippen LogP contribution in [0.2, 0.25) is 0 Å². The molecular formula is C12H14N6S2. The van der Waals surface area contributed by atoms with Crippen LogP contribution in [0, 0.1) is 13.8 Å². The fourth-order valence-corrected chi connectivity index (χ4v) is 3.49. The minimum Gasteiger partial charge on any atom is -0.363 e. The van der Waals surface area contributed by atoms with Crippen molar-refractivity contribution in [1.82, 2.24) is 15.0 Å². The van der Waals surface area contributed by atoms with Crippen LogP contribution in [0.25, 0.3) is 10.2 Å². The fraction of sp³-hybridized carbons (Fsp3) is 0.250. The zero-order valence-electron chi connectivity index (χ0n) is 11.1. The minimum atomic E-state index is 0.414. The summed E-state index contributed by atoms with van der Waals surface area (Å²) in [5.74, 6) is 6.61. The maximum absolute atomic E-state index is 5.42. The van der Waals surface area contributed by atoms with Crippen LogP contribution in [0.5, 0.6) is 0 Å². The van der Waals surface area contributed by atoms with Crippen LogP contribution < -0.4 is 16.6 Å². The Balaban J connectivity index is 1.92. The highest BCUT2D eigenvalue weighted by Gasteiger charge is 2.10. The molecule has 0 bridgehead atoms. The smallest absolute Gasteiger partial charge is 0.240 e. The van der Waals surface area contributed by atoms with Crippen LogP contribution in [0.3, 0.4) is 0 Å². The number of thiazole rings is 1. The topological polar surface area (TPSA) is 88.8 Å². The number of rotatable bonds is 4. The van der Waals surface area contributed by atoms with Crippen LogP contribution in [-0.2, 0) is 6.54 Å². The highest BCUT2D eigenvalue weighted by molar-refractivity contribution is 7.18. The molecule has 0 aromatic carbocycles. The van der Waals surface area contributed by atoms with E-state index in [0.29, 0.717) is 12.5 Å². The molecule has 3 aromatic heterocycles. The second-order valence-electron chi connectivity index (χ2n) is 4.33. The summed E-state index contributed by atoms with van der Waals surface area (Å²) in [6, 6.07) is 2.08. The van der Waals surface area contributed by atoms with Gasteiger partial charge in [0, 0.05) is 16.0 Å². The van der Waals surface area contributed by atoms with Gasteiger partial charge in [-0.15, -0.1) is 22.7 Å². The molecule has 0 radical (unpaired) electrons. The lowest BCUT2D eigenvalue weighted by atomic mass is 10.3. The average molecular weight is 306 g/mol. The van der Waals surface area contributed by atoms with E-state index in [1.165, 1.54) is 9.75 Å². The van der Waals surface area contributed by atoms with Crippen molar-refractivity contribution in [2.24, 2.45) is 5.84 Å². The number of thiophene rings is 1. The number of hydrogen-bond acceptors (Lipinski definition) is 8. The Labute approximate surface area is 124 Å². The van der Waals surface area contributed by atoms with Gasteiger partial charge in [0.15, 0.2) is 0 Å². The SMILES string of the molecule is Cc1cnc(CNc2nc(NN)nc3sc(C)cc23)s1. The number of aryl methyl sites for hydroxylation is 2. The summed E-state index contributed by atoms with van der Waals surface area (Å²) in [4.78, 5) is 16.4. The lowest BCUT2D eigenvalue weighted by Gasteiger charge is -2.06. The zero-order chi connectivity index (χ0) is 14.1. The Morgan fingerprint density at radius 3 is 2.75 bits per heavy atom. The molecule has 0 spiro atoms. The van der Waals surface area contributed by atoms with Crippen molar-refractivity contribution >= 4 is 44.7 Å². The van der Waals surface area contributed by atoms with Crippen LogP contribution in [0.1, 0.15) is 14.8 Å². The van der Waals surface area contributed by atoms with Crippen LogP contribution >= 0.6 is 22.7 Å². The van der Waals surface area contributed by atoms with Crippen molar-refractivity contribution in [3.05, 3.63) is 27.0 Å². The predicted octanol–water partition coefficient (Wildman–Crippen LogP) is 2.66. The fourth-order valence-electron chi connectivity index (χ4n) is 1.88. The van der Waals surface area contributed by atoms with E-state index in [4.69, 9.17) is 5.84 Å². The van der Waals surface area contributed by atoms with Gasteiger partial charge in [-0.1, -0.05) is 0 Å². The van der Waals surface area contributed by atoms with Crippen LogP contribution in [0.4, 0.5) is 11.8 Å². The van der Waals surface area contributed by atoms with Gasteiger partial charge in [0.05, 0.1) is 11.9 Å². The van der Waals surface area contributed by atoms with E-state index in [1.54, 1.807) is 22.7 Å². The summed E-state index contributed by atoms with van der Waals surface area (Å²) < 4.78 is 0. The molecule has 0 fully saturated rings. The number of nitrogens with two attached hydrogens (primary N) is 1. The van der Waals surface area contributed by atoms with E-state index in [9.17, 15) is 0 Å². The molecule has 0 saturated carbocycles. The van der Waals surface area contributed by atoms with Gasteiger partial charge in [-0.05, 0) is 19.9 Å². The predicted molar refractivity (Wildman–Crippen MR) is 84.1 cm³/mol. The summed E-state index contributed by atoms with van der Waals surface area (Å²) in [5, 5.41) is 5.36. The third kappa shape index (κ3) is 2.58. The Hall–Kier alpha value is -1.77. The van der Waals surface area contributed by atoms with Gasteiger partial charge in [-0.3, -0.25) is 5.43 Å². The Bertz CT molecular complexity index is 748. The van der Waals surface area contributed by atoms with E-state index in [1.807, 2.05) is 13.1 Å². The number of fused-ring (bicyclic) bond motifs is 1. The van der Waals surface area contributed by atoms with E-state index < -0.39 is 0 Å². The number of nitrogens with one attached hydrogen (secondary N) is 2. The monoisotopic (exact) mass is 306 g/mol. The highest BCUT2D eigenvalue weighted by atomic mass is 32.1. The first kappa shape index (κ1) is 13.2. The van der Waals surface area contributed by atoms with Crippen molar-refractivity contribution in [3.8, 4) is 0 Å². The van der Waals surface area contributed by atoms with Gasteiger partial charge < -0.3 is 5.32 Å². The lowest BCUT2D eigenvalue weighted by molar-refractivity contribution is 1.07. The summed E-state index contributed by atoms with van der Waals surface area (Å²) in [6.45, 7) is 4.74. The van der Waals surface area contributed by atoms with Crippen LogP contribution in [0.15, 0.2) is 12.3 Å². The van der Waals surface area contributed by atoms with Crippen LogP contribution in [-0.4, -0.2) is 15.0 Å². The molecule has 104 valence electrons. The number of hydrazine groups is 1. The molecule has 0 amide bonds. The molecule has 3 heterocycles. The molecule has 6 nitrogen and oxygen atoms in total. The molecular weight excluding hydrogens is 292 g/mol. The Morgan fingerprint density at radius 2 is 2.05 bits per heavy atom. The van der Waals surface area contributed by atoms with Gasteiger partial charge in [0.2, 0.25) is 5.95 Å². The quantitative estimate of drug-likeness (QED) is 0.507. The number of nitrogen functional groups attached to an aromatic ring is 1. The van der Waals surface area contributed by atoms with Crippen molar-refractivity contribution in [2.45, 2.75) is 20.4 Å². The number of nitrogens with zero attached hydrogens (tertiary/aromatic N) is 3. The molecule has 4 N–H and O–H groups in total. The third-order valence-electron chi connectivity index (χ3n) is 2.72. The van der Waals surface area contributed by atoms with Gasteiger partial charge in [-0.2, -0.15) is 4.98 Å². The van der Waals surface area contributed by atoms with E-state index >= 15 is 0 Å². The molecule has 0 unspecified atom stereocenters. The third-order valence-corrected chi connectivity index (χ3v) is 4.58. The average Bonchev–Trinajstić information content (AvgIpc) is 3.00. The molecule has 20 heavy (non-hydrogen) atoms. The molecule has 3 rings (SSSR count). The maximum Gasteiger partial charge on any atom is 0.240 e. The molecule has 8 heteroatoms. The van der Waals surface area contributed by atoms with Gasteiger partial charge in [-0.25, -0.2) is 15.8 Å². The van der Waals surface area contributed by atoms with Gasteiger partial charge >= 0.3 is 0 Å². The molecule has 0 aliphatic carbocycles. The largest absolute Gasteiger partial charge is 0.363 e. The van der Waals surface area contributed by atoms with Crippen molar-refractivity contribution in [3.63, 3.8) is 0 Å². The zero-order valence-corrected chi connectivity index (χ0v) is 12.7. The van der Waals surface area contributed by atoms with Crippen molar-refractivity contribution < 1.29 is 0 Å². The Kier molecular flexibility index (Phi) is 3.51. The molecule has 0 saturated heterocycles. The summed E-state index contributed by atoms with van der Waals surface area (Å²) in [7, 11) is 0. The lowest BCUT2D eigenvalue weighted by Crippen LogP contribution is -2.12. The summed E-state index contributed by atoms with van der Waals surface area (Å²) in [5.41, 5.74) is 2.50.